The Morgan fingerprint density at radius 2 is 0.974 bits per heavy atom. The number of hydrogen-bond donors (Lipinski definition) is 2. The van der Waals surface area contributed by atoms with Crippen LogP contribution in [0.4, 0.5) is 67.6 Å². The van der Waals surface area contributed by atoms with Crippen molar-refractivity contribution in [1.82, 2.24) is 9.97 Å². The Morgan fingerprint density at radius 1 is 0.590 bits per heavy atom. The predicted molar refractivity (Wildman–Crippen MR) is 128 cm³/mol. The van der Waals surface area contributed by atoms with Crippen molar-refractivity contribution in [2.45, 2.75) is 9.79 Å². The number of nitro groups is 1. The van der Waals surface area contributed by atoms with Gasteiger partial charge in [-0.3, -0.25) is 10.1 Å². The fraction of sp³-hybridized carbons (Fsp3) is 0. The third-order valence-corrected chi connectivity index (χ3v) is 7.31. The van der Waals surface area contributed by atoms with E-state index < -0.39 is 40.8 Å². The van der Waals surface area contributed by atoms with Gasteiger partial charge in [-0.05, 0) is 54.6 Å². The standard InChI is InChI=1S/C20H13F10N5O2S2/c21-38(22,23,24,25)15-6-1-12(2-7-15)31-19-20(34-18-11-14(35(36)37)5-10-17(18)33-19)32-13-3-8-16(9-4-13)39(26,27,28,29)30/h1-11H,(H,31,33)(H,32,34). The van der Waals surface area contributed by atoms with E-state index >= 15 is 0 Å². The van der Waals surface area contributed by atoms with Crippen molar-refractivity contribution in [1.29, 1.82) is 0 Å². The highest BCUT2D eigenvalue weighted by Gasteiger charge is 2.66. The number of nitrogens with one attached hydrogen (secondary N) is 2. The molecular formula is C20H13F10N5O2S2. The largest absolute Gasteiger partial charge is 0.337 e. The highest BCUT2D eigenvalue weighted by Crippen LogP contribution is 3.02. The lowest BCUT2D eigenvalue weighted by atomic mass is 10.2. The molecule has 4 rings (SSSR count). The highest BCUT2D eigenvalue weighted by molar-refractivity contribution is 8.46. The predicted octanol–water partition coefficient (Wildman–Crippen LogP) is 10.3. The Kier molecular flexibility index (Phi) is 5.28. The smallest absolute Gasteiger partial charge is 0.310 e. The van der Waals surface area contributed by atoms with Gasteiger partial charge in [0.1, 0.15) is 9.79 Å². The Bertz CT molecular complexity index is 1630. The van der Waals surface area contributed by atoms with E-state index in [-0.39, 0.29) is 58.3 Å². The number of aromatic nitrogens is 2. The molecule has 3 aromatic carbocycles. The van der Waals surface area contributed by atoms with Gasteiger partial charge in [-0.1, -0.05) is 38.9 Å². The summed E-state index contributed by atoms with van der Waals surface area (Å²) in [6.07, 6.45) is 0. The molecule has 0 amide bonds. The van der Waals surface area contributed by atoms with Gasteiger partial charge in [0.05, 0.1) is 16.0 Å². The van der Waals surface area contributed by atoms with Crippen molar-refractivity contribution >= 4 is 60.2 Å². The number of fused-ring (bicyclic) bond motifs is 1. The molecule has 2 N–H and O–H groups in total. The molecule has 0 unspecified atom stereocenters. The Balaban J connectivity index is 1.76. The van der Waals surface area contributed by atoms with Crippen LogP contribution in [0.3, 0.4) is 0 Å². The molecule has 0 aliphatic carbocycles. The molecule has 1 aromatic heterocycles. The average Bonchev–Trinajstić information content (AvgIpc) is 2.76. The monoisotopic (exact) mass is 609 g/mol. The molecule has 0 fully saturated rings. The van der Waals surface area contributed by atoms with Gasteiger partial charge in [0.15, 0.2) is 11.6 Å². The minimum Gasteiger partial charge on any atom is -0.337 e. The number of anilines is 4. The van der Waals surface area contributed by atoms with Gasteiger partial charge in [-0.15, -0.1) is 0 Å². The summed E-state index contributed by atoms with van der Waals surface area (Å²) in [4.78, 5) is 14.2. The van der Waals surface area contributed by atoms with Crippen LogP contribution in [-0.4, -0.2) is 14.9 Å². The zero-order chi connectivity index (χ0) is 29.2. The van der Waals surface area contributed by atoms with Gasteiger partial charge in [0.2, 0.25) is 0 Å². The summed E-state index contributed by atoms with van der Waals surface area (Å²) in [7, 11) is -19.9. The maximum atomic E-state index is 13.0. The summed E-state index contributed by atoms with van der Waals surface area (Å²) in [6.45, 7) is 0. The highest BCUT2D eigenvalue weighted by atomic mass is 32.5. The summed E-state index contributed by atoms with van der Waals surface area (Å²) >= 11 is 0. The van der Waals surface area contributed by atoms with E-state index in [1.54, 1.807) is 0 Å². The molecule has 0 radical (unpaired) electrons. The van der Waals surface area contributed by atoms with Crippen LogP contribution < -0.4 is 10.6 Å². The molecule has 39 heavy (non-hydrogen) atoms. The summed E-state index contributed by atoms with van der Waals surface area (Å²) in [5.74, 6) is -0.645. The summed E-state index contributed by atoms with van der Waals surface area (Å²) in [6, 6.07) is 6.28. The molecule has 0 saturated carbocycles. The normalized spacial score (nSPS) is 15.9. The van der Waals surface area contributed by atoms with E-state index in [1.807, 2.05) is 0 Å². The number of halogens is 10. The Hall–Kier alpha value is -4.00. The van der Waals surface area contributed by atoms with Gasteiger partial charge in [0.25, 0.3) is 5.69 Å². The first-order valence-corrected chi connectivity index (χ1v) is 14.0. The second kappa shape index (κ2) is 7.34. The van der Waals surface area contributed by atoms with Gasteiger partial charge in [-0.25, -0.2) is 9.97 Å². The number of nitrogens with zero attached hydrogens (tertiary/aromatic N) is 3. The summed E-state index contributed by atoms with van der Waals surface area (Å²) in [5, 5.41) is 16.1. The first-order chi connectivity index (χ1) is 17.4. The third kappa shape index (κ3) is 6.53. The lowest BCUT2D eigenvalue weighted by Crippen LogP contribution is -2.07. The number of benzene rings is 3. The molecule has 0 aliphatic rings. The van der Waals surface area contributed by atoms with Gasteiger partial charge in [-0.2, -0.15) is 0 Å². The second-order valence-corrected chi connectivity index (χ2v) is 12.9. The van der Waals surface area contributed by atoms with Crippen LogP contribution in [0.25, 0.3) is 11.0 Å². The molecule has 0 saturated heterocycles. The Labute approximate surface area is 211 Å². The van der Waals surface area contributed by atoms with Crippen molar-refractivity contribution in [2.75, 3.05) is 10.6 Å². The van der Waals surface area contributed by atoms with E-state index in [9.17, 15) is 49.0 Å². The maximum absolute atomic E-state index is 13.0. The average molecular weight is 609 g/mol. The molecule has 1 heterocycles. The maximum Gasteiger partial charge on any atom is 0.310 e. The summed E-state index contributed by atoms with van der Waals surface area (Å²) in [5.41, 5.74) is -0.907. The van der Waals surface area contributed by atoms with Crippen LogP contribution in [0.2, 0.25) is 0 Å². The minimum atomic E-state index is -9.97. The van der Waals surface area contributed by atoms with E-state index in [2.05, 4.69) is 20.6 Å². The van der Waals surface area contributed by atoms with Crippen molar-refractivity contribution in [3.8, 4) is 0 Å². The number of hydrogen-bond acceptors (Lipinski definition) is 6. The van der Waals surface area contributed by atoms with Crippen LogP contribution in [0.15, 0.2) is 76.5 Å². The molecule has 0 bridgehead atoms. The SMILES string of the molecule is O=[N+]([O-])c1ccc2nc(Nc3ccc(S(F)(F)(F)(F)F)cc3)c(Nc3ccc(S(F)(F)(F)(F)F)cc3)nc2c1. The first kappa shape index (κ1) is 28.0. The first-order valence-electron chi connectivity index (χ1n) is 10.1. The number of nitro benzene ring substituents is 1. The van der Waals surface area contributed by atoms with Crippen molar-refractivity contribution < 1.29 is 43.8 Å². The molecule has 0 atom stereocenters. The number of rotatable bonds is 7. The van der Waals surface area contributed by atoms with Gasteiger partial charge >= 0.3 is 20.4 Å². The molecule has 19 heteroatoms. The lowest BCUT2D eigenvalue weighted by molar-refractivity contribution is -0.384. The quantitative estimate of drug-likeness (QED) is 0.123. The van der Waals surface area contributed by atoms with E-state index in [0.717, 1.165) is 12.1 Å². The second-order valence-electron chi connectivity index (χ2n) is 8.09. The van der Waals surface area contributed by atoms with Crippen LogP contribution >= 0.6 is 20.4 Å². The number of non-ortho nitro benzene ring substituents is 1. The molecule has 0 spiro atoms. The van der Waals surface area contributed by atoms with Crippen molar-refractivity contribution in [2.24, 2.45) is 0 Å². The van der Waals surface area contributed by atoms with Crippen LogP contribution in [-0.2, 0) is 0 Å². The minimum absolute atomic E-state index is 0.0218. The molecular weight excluding hydrogens is 596 g/mol. The van der Waals surface area contributed by atoms with E-state index in [1.165, 1.54) is 6.07 Å². The fourth-order valence-electron chi connectivity index (χ4n) is 3.19. The van der Waals surface area contributed by atoms with Crippen LogP contribution in [0.5, 0.6) is 0 Å². The van der Waals surface area contributed by atoms with Gasteiger partial charge < -0.3 is 10.6 Å². The zero-order valence-electron chi connectivity index (χ0n) is 18.6. The van der Waals surface area contributed by atoms with Crippen LogP contribution in [0, 0.1) is 10.1 Å². The van der Waals surface area contributed by atoms with Crippen molar-refractivity contribution in [3.63, 3.8) is 0 Å². The van der Waals surface area contributed by atoms with Crippen LogP contribution in [0.1, 0.15) is 0 Å². The lowest BCUT2D eigenvalue weighted by Gasteiger charge is -2.40. The van der Waals surface area contributed by atoms with E-state index in [4.69, 9.17) is 0 Å². The molecule has 212 valence electrons. The topological polar surface area (TPSA) is 93.0 Å². The van der Waals surface area contributed by atoms with Crippen molar-refractivity contribution in [3.05, 3.63) is 76.8 Å². The summed E-state index contributed by atoms with van der Waals surface area (Å²) < 4.78 is 130. The Morgan fingerprint density at radius 3 is 1.33 bits per heavy atom. The third-order valence-electron chi connectivity index (χ3n) is 4.98. The molecule has 0 aliphatic heterocycles. The van der Waals surface area contributed by atoms with Gasteiger partial charge in [0, 0.05) is 23.5 Å². The zero-order valence-corrected chi connectivity index (χ0v) is 20.2. The molecule has 4 aromatic rings. The fourth-order valence-corrected chi connectivity index (χ4v) is 4.50. The molecule has 7 nitrogen and oxygen atoms in total. The van der Waals surface area contributed by atoms with E-state index in [0.29, 0.717) is 24.3 Å².